The van der Waals surface area contributed by atoms with Crippen LogP contribution in [-0.4, -0.2) is 4.98 Å². The Labute approximate surface area is 88.4 Å². The van der Waals surface area contributed by atoms with E-state index >= 15 is 0 Å². The summed E-state index contributed by atoms with van der Waals surface area (Å²) in [6, 6.07) is 5.31. The molecule has 0 saturated heterocycles. The van der Waals surface area contributed by atoms with Crippen LogP contribution in [-0.2, 0) is 0 Å². The van der Waals surface area contributed by atoms with Gasteiger partial charge in [-0.3, -0.25) is 4.79 Å². The van der Waals surface area contributed by atoms with Crippen LogP contribution in [0.3, 0.4) is 0 Å². The fraction of sp³-hybridized carbons (Fsp3) is 0. The Hall–Kier alpha value is -2.04. The Morgan fingerprint density at radius 3 is 2.31 bits per heavy atom. The lowest BCUT2D eigenvalue weighted by molar-refractivity contribution is 0.498. The summed E-state index contributed by atoms with van der Waals surface area (Å²) in [5.74, 6) is -3.41. The van der Waals surface area contributed by atoms with Gasteiger partial charge in [0.15, 0.2) is 11.6 Å². The van der Waals surface area contributed by atoms with E-state index in [0.29, 0.717) is 6.07 Å². The number of nitrogens with one attached hydrogen (secondary N) is 1. The molecule has 1 aromatic heterocycles. The monoisotopic (exact) mass is 225 g/mol. The fourth-order valence-electron chi connectivity index (χ4n) is 1.37. The van der Waals surface area contributed by atoms with Gasteiger partial charge in [0.05, 0.1) is 11.3 Å². The summed E-state index contributed by atoms with van der Waals surface area (Å²) in [6.07, 6.45) is 0. The van der Waals surface area contributed by atoms with Crippen LogP contribution in [0.25, 0.3) is 11.3 Å². The summed E-state index contributed by atoms with van der Waals surface area (Å²) in [5.41, 5.74) is -1.18. The quantitative estimate of drug-likeness (QED) is 0.743. The first-order valence-electron chi connectivity index (χ1n) is 4.43. The van der Waals surface area contributed by atoms with Gasteiger partial charge in [-0.05, 0) is 18.2 Å². The van der Waals surface area contributed by atoms with Crippen molar-refractivity contribution >= 4 is 0 Å². The Morgan fingerprint density at radius 1 is 0.938 bits per heavy atom. The van der Waals surface area contributed by atoms with E-state index in [1.165, 1.54) is 18.2 Å². The topological polar surface area (TPSA) is 32.9 Å². The molecular formula is C11H6F3NO. The van der Waals surface area contributed by atoms with Crippen molar-refractivity contribution in [2.24, 2.45) is 0 Å². The first-order valence-corrected chi connectivity index (χ1v) is 4.43. The summed E-state index contributed by atoms with van der Waals surface area (Å²) in [7, 11) is 0. The average Bonchev–Trinajstić information content (AvgIpc) is 2.24. The van der Waals surface area contributed by atoms with Crippen molar-refractivity contribution in [1.29, 1.82) is 0 Å². The third-order valence-corrected chi connectivity index (χ3v) is 2.08. The molecule has 0 atom stereocenters. The van der Waals surface area contributed by atoms with Gasteiger partial charge >= 0.3 is 0 Å². The van der Waals surface area contributed by atoms with E-state index in [4.69, 9.17) is 0 Å². The fourth-order valence-corrected chi connectivity index (χ4v) is 1.37. The van der Waals surface area contributed by atoms with Crippen molar-refractivity contribution in [3.8, 4) is 11.3 Å². The van der Waals surface area contributed by atoms with E-state index in [2.05, 4.69) is 4.98 Å². The third-order valence-electron chi connectivity index (χ3n) is 2.08. The predicted molar refractivity (Wildman–Crippen MR) is 52.4 cm³/mol. The maximum atomic E-state index is 13.3. The van der Waals surface area contributed by atoms with Crippen LogP contribution < -0.4 is 5.56 Å². The molecule has 5 heteroatoms. The average molecular weight is 225 g/mol. The van der Waals surface area contributed by atoms with E-state index in [-0.39, 0.29) is 5.69 Å². The molecule has 0 aliphatic heterocycles. The van der Waals surface area contributed by atoms with Crippen LogP contribution in [0.4, 0.5) is 13.2 Å². The second kappa shape index (κ2) is 3.84. The molecule has 16 heavy (non-hydrogen) atoms. The molecule has 0 spiro atoms. The molecule has 0 fully saturated rings. The number of aromatic nitrogens is 1. The Morgan fingerprint density at radius 2 is 1.62 bits per heavy atom. The zero-order valence-corrected chi connectivity index (χ0v) is 7.93. The molecule has 1 N–H and O–H groups in total. The smallest absolute Gasteiger partial charge is 0.248 e. The summed E-state index contributed by atoms with van der Waals surface area (Å²) in [6.45, 7) is 0. The molecule has 0 saturated carbocycles. The second-order valence-corrected chi connectivity index (χ2v) is 3.15. The summed E-state index contributed by atoms with van der Waals surface area (Å²) in [5, 5.41) is 0. The standard InChI is InChI=1S/C11H6F3NO/c12-6-4-5-7(13)11(14)10(6)8-2-1-3-9(16)15-8/h1-5H,(H,15,16). The lowest BCUT2D eigenvalue weighted by atomic mass is 10.1. The largest absolute Gasteiger partial charge is 0.322 e. The molecule has 0 radical (unpaired) electrons. The number of benzene rings is 1. The first-order chi connectivity index (χ1) is 7.59. The molecule has 0 aliphatic rings. The normalized spacial score (nSPS) is 10.4. The molecule has 1 heterocycles. The third kappa shape index (κ3) is 1.71. The number of H-pyrrole nitrogens is 1. The van der Waals surface area contributed by atoms with Crippen LogP contribution in [0, 0.1) is 17.5 Å². The van der Waals surface area contributed by atoms with Crippen molar-refractivity contribution < 1.29 is 13.2 Å². The molecule has 2 aromatic rings. The van der Waals surface area contributed by atoms with Crippen LogP contribution in [0.5, 0.6) is 0 Å². The molecule has 2 nitrogen and oxygen atoms in total. The van der Waals surface area contributed by atoms with Gasteiger partial charge in [0.2, 0.25) is 5.56 Å². The molecule has 2 rings (SSSR count). The minimum Gasteiger partial charge on any atom is -0.322 e. The molecule has 0 amide bonds. The minimum absolute atomic E-state index is 0.0954. The van der Waals surface area contributed by atoms with Crippen molar-refractivity contribution in [2.45, 2.75) is 0 Å². The number of hydrogen-bond donors (Lipinski definition) is 1. The Balaban J connectivity index is 2.73. The number of pyridine rings is 1. The number of halogens is 3. The zero-order chi connectivity index (χ0) is 11.7. The molecule has 0 aliphatic carbocycles. The van der Waals surface area contributed by atoms with Gasteiger partial charge < -0.3 is 4.98 Å². The summed E-state index contributed by atoms with van der Waals surface area (Å²) < 4.78 is 39.6. The van der Waals surface area contributed by atoms with E-state index in [1.54, 1.807) is 0 Å². The molecule has 0 unspecified atom stereocenters. The zero-order valence-electron chi connectivity index (χ0n) is 7.93. The van der Waals surface area contributed by atoms with Crippen molar-refractivity contribution in [3.63, 3.8) is 0 Å². The highest BCUT2D eigenvalue weighted by atomic mass is 19.2. The van der Waals surface area contributed by atoms with Gasteiger partial charge in [-0.1, -0.05) is 6.07 Å². The van der Waals surface area contributed by atoms with E-state index in [0.717, 1.165) is 6.07 Å². The minimum atomic E-state index is -1.32. The summed E-state index contributed by atoms with van der Waals surface area (Å²) >= 11 is 0. The Bertz CT molecular complexity index is 592. The summed E-state index contributed by atoms with van der Waals surface area (Å²) in [4.78, 5) is 13.2. The van der Waals surface area contributed by atoms with E-state index in [9.17, 15) is 18.0 Å². The van der Waals surface area contributed by atoms with Crippen LogP contribution in [0.15, 0.2) is 35.1 Å². The van der Waals surface area contributed by atoms with Gasteiger partial charge in [0.1, 0.15) is 5.82 Å². The Kier molecular flexibility index (Phi) is 2.52. The lowest BCUT2D eigenvalue weighted by Gasteiger charge is -2.05. The highest BCUT2D eigenvalue weighted by Crippen LogP contribution is 2.24. The van der Waals surface area contributed by atoms with Gasteiger partial charge in [0, 0.05) is 6.07 Å². The van der Waals surface area contributed by atoms with E-state index < -0.39 is 28.6 Å². The van der Waals surface area contributed by atoms with Gasteiger partial charge in [-0.15, -0.1) is 0 Å². The highest BCUT2D eigenvalue weighted by molar-refractivity contribution is 5.60. The van der Waals surface area contributed by atoms with Gasteiger partial charge in [-0.2, -0.15) is 0 Å². The van der Waals surface area contributed by atoms with Gasteiger partial charge in [0.25, 0.3) is 0 Å². The molecule has 82 valence electrons. The molecule has 0 bridgehead atoms. The molecular weight excluding hydrogens is 219 g/mol. The van der Waals surface area contributed by atoms with Crippen molar-refractivity contribution in [2.75, 3.05) is 0 Å². The molecule has 1 aromatic carbocycles. The first kappa shape index (κ1) is 10.5. The number of aromatic amines is 1. The highest BCUT2D eigenvalue weighted by Gasteiger charge is 2.15. The van der Waals surface area contributed by atoms with Crippen LogP contribution in [0.1, 0.15) is 0 Å². The number of hydrogen-bond acceptors (Lipinski definition) is 1. The van der Waals surface area contributed by atoms with Crippen LogP contribution >= 0.6 is 0 Å². The maximum Gasteiger partial charge on any atom is 0.248 e. The predicted octanol–water partition coefficient (Wildman–Crippen LogP) is 2.46. The van der Waals surface area contributed by atoms with Crippen molar-refractivity contribution in [1.82, 2.24) is 4.98 Å². The lowest BCUT2D eigenvalue weighted by Crippen LogP contribution is -2.06. The second-order valence-electron chi connectivity index (χ2n) is 3.15. The van der Waals surface area contributed by atoms with E-state index in [1.807, 2.05) is 0 Å². The van der Waals surface area contributed by atoms with Crippen LogP contribution in [0.2, 0.25) is 0 Å². The van der Waals surface area contributed by atoms with Crippen molar-refractivity contribution in [3.05, 3.63) is 58.1 Å². The van der Waals surface area contributed by atoms with Gasteiger partial charge in [-0.25, -0.2) is 13.2 Å². The number of rotatable bonds is 1. The maximum absolute atomic E-state index is 13.3. The SMILES string of the molecule is O=c1cccc(-c2c(F)ccc(F)c2F)[nH]1.